The minimum absolute atomic E-state index is 0.861. The van der Waals surface area contributed by atoms with Gasteiger partial charge in [0.2, 0.25) is 0 Å². The molecule has 67 heavy (non-hydrogen) atoms. The van der Waals surface area contributed by atoms with Gasteiger partial charge in [-0.15, -0.1) is 0 Å². The van der Waals surface area contributed by atoms with Gasteiger partial charge in [-0.25, -0.2) is 0 Å². The third-order valence-corrected chi connectivity index (χ3v) is 13.9. The second-order valence-electron chi connectivity index (χ2n) is 17.6. The molecule has 0 saturated carbocycles. The molecule has 3 heterocycles. The summed E-state index contributed by atoms with van der Waals surface area (Å²) in [5.41, 5.74) is 14.5. The maximum absolute atomic E-state index is 6.95. The first-order valence-electron chi connectivity index (χ1n) is 23.0. The highest BCUT2D eigenvalue weighted by molar-refractivity contribution is 6.30. The van der Waals surface area contributed by atoms with Gasteiger partial charge in [0.05, 0.1) is 16.7 Å². The fourth-order valence-corrected chi connectivity index (χ4v) is 10.9. The minimum Gasteiger partial charge on any atom is -0.453 e. The lowest BCUT2D eigenvalue weighted by Gasteiger charge is -2.26. The van der Waals surface area contributed by atoms with Gasteiger partial charge in [-0.05, 0) is 115 Å². The van der Waals surface area contributed by atoms with Crippen molar-refractivity contribution in [2.75, 3.05) is 4.90 Å². The number of aromatic nitrogens is 1. The Kier molecular flexibility index (Phi) is 8.28. The van der Waals surface area contributed by atoms with Gasteiger partial charge in [0.25, 0.3) is 0 Å². The van der Waals surface area contributed by atoms with Crippen LogP contribution in [0.25, 0.3) is 115 Å². The SMILES string of the molecule is c1ccc(-c2cccc3c2oc2c(N(c4ccccc4)c4ccc5c(ccc6cc(-c7ccc8c9ccccc9c9c(c(-c%10ccccc%10)c%10ccccn%109)c8c7)ccc65)c4)cccc23)cc1. The molecule has 0 atom stereocenters. The van der Waals surface area contributed by atoms with E-state index in [0.717, 1.165) is 50.1 Å². The number of pyridine rings is 1. The van der Waals surface area contributed by atoms with Crippen LogP contribution < -0.4 is 4.90 Å². The second-order valence-corrected chi connectivity index (χ2v) is 17.6. The molecule has 0 bridgehead atoms. The van der Waals surface area contributed by atoms with E-state index < -0.39 is 0 Å². The fraction of sp³-hybridized carbons (Fsp3) is 0. The molecular weight excluding hydrogens is 813 g/mol. The Morgan fingerprint density at radius 2 is 0.940 bits per heavy atom. The molecule has 0 amide bonds. The summed E-state index contributed by atoms with van der Waals surface area (Å²) in [7, 11) is 0. The van der Waals surface area contributed by atoms with Gasteiger partial charge in [-0.2, -0.15) is 0 Å². The quantitative estimate of drug-likeness (QED) is 0.155. The maximum Gasteiger partial charge on any atom is 0.159 e. The smallest absolute Gasteiger partial charge is 0.159 e. The standard InChI is InChI=1S/C64H40N2O/c1-4-16-41(17-5-1)51-24-14-25-55-56-26-15-28-59(64(56)67-63(51)55)66(47-20-8-3-9-21-47)48-33-36-50-46(39-48)30-29-45-38-43(31-34-49(45)50)44-32-35-53-52-22-10-11-23-54(52)62-61(57(53)40-44)60(42-18-6-2-7-19-42)58-27-12-13-37-65(58)62/h1-40H. The number of nitrogens with zero attached hydrogens (tertiary/aromatic N) is 2. The lowest BCUT2D eigenvalue weighted by molar-refractivity contribution is 0.670. The van der Waals surface area contributed by atoms with Crippen molar-refractivity contribution < 1.29 is 4.42 Å². The monoisotopic (exact) mass is 852 g/mol. The molecule has 3 nitrogen and oxygen atoms in total. The van der Waals surface area contributed by atoms with Gasteiger partial charge >= 0.3 is 0 Å². The second kappa shape index (κ2) is 14.8. The lowest BCUT2D eigenvalue weighted by atomic mass is 9.91. The van der Waals surface area contributed by atoms with Crippen molar-refractivity contribution >= 4 is 98.5 Å². The molecule has 14 rings (SSSR count). The molecule has 0 radical (unpaired) electrons. The van der Waals surface area contributed by atoms with Crippen molar-refractivity contribution in [1.82, 2.24) is 4.40 Å². The molecular formula is C64H40N2O. The highest BCUT2D eigenvalue weighted by Crippen LogP contribution is 2.47. The zero-order chi connectivity index (χ0) is 44.0. The Hall–Kier alpha value is -8.92. The number of fused-ring (bicyclic) bond motifs is 14. The summed E-state index contributed by atoms with van der Waals surface area (Å²) in [5.74, 6) is 0. The van der Waals surface area contributed by atoms with Gasteiger partial charge in [0.15, 0.2) is 5.58 Å². The Balaban J connectivity index is 0.909. The number of rotatable bonds is 6. The first-order chi connectivity index (χ1) is 33.2. The minimum atomic E-state index is 0.861. The Bertz CT molecular complexity index is 4260. The highest BCUT2D eigenvalue weighted by atomic mass is 16.3. The number of anilines is 3. The average Bonchev–Trinajstić information content (AvgIpc) is 3.97. The van der Waals surface area contributed by atoms with Crippen LogP contribution in [-0.2, 0) is 0 Å². The summed E-state index contributed by atoms with van der Waals surface area (Å²) in [4.78, 5) is 2.33. The Morgan fingerprint density at radius 3 is 1.73 bits per heavy atom. The normalized spacial score (nSPS) is 11.9. The first kappa shape index (κ1) is 37.5. The predicted molar refractivity (Wildman–Crippen MR) is 283 cm³/mol. The summed E-state index contributed by atoms with van der Waals surface area (Å²) in [6.45, 7) is 0. The molecule has 11 aromatic carbocycles. The lowest BCUT2D eigenvalue weighted by Crippen LogP contribution is -2.10. The van der Waals surface area contributed by atoms with Gasteiger partial charge in [-0.3, -0.25) is 0 Å². The van der Waals surface area contributed by atoms with E-state index in [4.69, 9.17) is 4.42 Å². The molecule has 0 unspecified atom stereocenters. The van der Waals surface area contributed by atoms with Crippen molar-refractivity contribution in [3.8, 4) is 33.4 Å². The average molecular weight is 853 g/mol. The molecule has 0 spiro atoms. The Labute approximate surface area is 386 Å². The van der Waals surface area contributed by atoms with Gasteiger partial charge < -0.3 is 13.7 Å². The van der Waals surface area contributed by atoms with Crippen molar-refractivity contribution in [2.45, 2.75) is 0 Å². The van der Waals surface area contributed by atoms with E-state index >= 15 is 0 Å². The number of para-hydroxylation sites is 3. The van der Waals surface area contributed by atoms with Crippen LogP contribution in [0.2, 0.25) is 0 Å². The van der Waals surface area contributed by atoms with Crippen LogP contribution in [0.1, 0.15) is 0 Å². The zero-order valence-electron chi connectivity index (χ0n) is 36.4. The van der Waals surface area contributed by atoms with E-state index in [1.807, 2.05) is 0 Å². The predicted octanol–water partition coefficient (Wildman–Crippen LogP) is 18.1. The van der Waals surface area contributed by atoms with Crippen LogP contribution in [-0.4, -0.2) is 4.40 Å². The summed E-state index contributed by atoms with van der Waals surface area (Å²) in [6, 6.07) is 85.8. The molecule has 14 aromatic rings. The van der Waals surface area contributed by atoms with E-state index in [1.165, 1.54) is 81.8 Å². The van der Waals surface area contributed by atoms with Crippen molar-refractivity contribution in [3.63, 3.8) is 0 Å². The molecule has 0 aliphatic carbocycles. The van der Waals surface area contributed by atoms with E-state index in [9.17, 15) is 0 Å². The van der Waals surface area contributed by atoms with Crippen LogP contribution in [0.15, 0.2) is 247 Å². The number of furan rings is 1. The van der Waals surface area contributed by atoms with E-state index in [2.05, 4.69) is 252 Å². The molecule has 0 aliphatic rings. The van der Waals surface area contributed by atoms with E-state index in [1.54, 1.807) is 0 Å². The first-order valence-corrected chi connectivity index (χ1v) is 23.0. The molecule has 0 fully saturated rings. The van der Waals surface area contributed by atoms with E-state index in [-0.39, 0.29) is 0 Å². The van der Waals surface area contributed by atoms with Crippen LogP contribution in [0.5, 0.6) is 0 Å². The fourth-order valence-electron chi connectivity index (χ4n) is 10.9. The highest BCUT2D eigenvalue weighted by Gasteiger charge is 2.23. The maximum atomic E-state index is 6.95. The molecule has 3 heteroatoms. The number of hydrogen-bond donors (Lipinski definition) is 0. The number of benzene rings is 11. The topological polar surface area (TPSA) is 20.8 Å². The van der Waals surface area contributed by atoms with E-state index in [0.29, 0.717) is 0 Å². The van der Waals surface area contributed by atoms with Crippen molar-refractivity contribution in [3.05, 3.63) is 243 Å². The van der Waals surface area contributed by atoms with Crippen LogP contribution in [0, 0.1) is 0 Å². The molecule has 0 N–H and O–H groups in total. The third kappa shape index (κ3) is 5.78. The summed E-state index contributed by atoms with van der Waals surface area (Å²) < 4.78 is 9.33. The van der Waals surface area contributed by atoms with Gasteiger partial charge in [-0.1, -0.05) is 182 Å². The third-order valence-electron chi connectivity index (χ3n) is 13.9. The van der Waals surface area contributed by atoms with Gasteiger partial charge in [0, 0.05) is 50.2 Å². The Morgan fingerprint density at radius 1 is 0.343 bits per heavy atom. The van der Waals surface area contributed by atoms with Crippen LogP contribution >= 0.6 is 0 Å². The van der Waals surface area contributed by atoms with Gasteiger partial charge in [0.1, 0.15) is 5.58 Å². The number of hydrogen-bond acceptors (Lipinski definition) is 2. The molecule has 3 aromatic heterocycles. The van der Waals surface area contributed by atoms with Crippen LogP contribution in [0.3, 0.4) is 0 Å². The molecule has 0 saturated heterocycles. The molecule has 312 valence electrons. The summed E-state index contributed by atoms with van der Waals surface area (Å²) in [6.07, 6.45) is 2.21. The molecule has 0 aliphatic heterocycles. The van der Waals surface area contributed by atoms with Crippen molar-refractivity contribution in [1.29, 1.82) is 0 Å². The zero-order valence-corrected chi connectivity index (χ0v) is 36.4. The largest absolute Gasteiger partial charge is 0.453 e. The van der Waals surface area contributed by atoms with Crippen molar-refractivity contribution in [2.24, 2.45) is 0 Å². The summed E-state index contributed by atoms with van der Waals surface area (Å²) in [5, 5.41) is 13.4. The van der Waals surface area contributed by atoms with Crippen LogP contribution in [0.4, 0.5) is 17.1 Å². The summed E-state index contributed by atoms with van der Waals surface area (Å²) >= 11 is 0.